The molecule has 0 saturated heterocycles. The second-order valence-electron chi connectivity index (χ2n) is 4.21. The summed E-state index contributed by atoms with van der Waals surface area (Å²) in [7, 11) is 1.84. The molecule has 1 atom stereocenters. The van der Waals surface area contributed by atoms with Crippen LogP contribution in [0.3, 0.4) is 0 Å². The van der Waals surface area contributed by atoms with Crippen LogP contribution in [0.25, 0.3) is 0 Å². The average molecular weight is 280 g/mol. The first-order chi connectivity index (χ1) is 9.06. The first kappa shape index (κ1) is 13.5. The first-order valence-electron chi connectivity index (χ1n) is 5.85. The predicted molar refractivity (Wildman–Crippen MR) is 71.6 cm³/mol. The zero-order chi connectivity index (χ0) is 13.8. The second kappa shape index (κ2) is 5.79. The molecule has 2 aromatic rings. The number of nitrogens with one attached hydrogen (secondary N) is 2. The lowest BCUT2D eigenvalue weighted by atomic mass is 10.3. The molecule has 0 aliphatic carbocycles. The molecule has 0 bridgehead atoms. The fourth-order valence-electron chi connectivity index (χ4n) is 1.66. The fourth-order valence-corrected chi connectivity index (χ4v) is 2.27. The third-order valence-corrected chi connectivity index (χ3v) is 3.40. The lowest BCUT2D eigenvalue weighted by Crippen LogP contribution is -2.37. The van der Waals surface area contributed by atoms with Crippen molar-refractivity contribution in [2.24, 2.45) is 7.05 Å². The lowest BCUT2D eigenvalue weighted by Gasteiger charge is -2.13. The number of thiazole rings is 1. The van der Waals surface area contributed by atoms with Crippen LogP contribution in [0.5, 0.6) is 0 Å². The highest BCUT2D eigenvalue weighted by atomic mass is 32.1. The molecule has 0 unspecified atom stereocenters. The van der Waals surface area contributed by atoms with E-state index in [2.05, 4.69) is 25.8 Å². The highest BCUT2D eigenvalue weighted by Crippen LogP contribution is 2.08. The van der Waals surface area contributed by atoms with Gasteiger partial charge in [0.05, 0.1) is 23.3 Å². The summed E-state index contributed by atoms with van der Waals surface area (Å²) < 4.78 is 1.77. The van der Waals surface area contributed by atoms with Gasteiger partial charge in [0.15, 0.2) is 5.82 Å². The van der Waals surface area contributed by atoms with Gasteiger partial charge in [0.1, 0.15) is 6.33 Å². The molecule has 0 fully saturated rings. The van der Waals surface area contributed by atoms with Gasteiger partial charge in [0.25, 0.3) is 0 Å². The van der Waals surface area contributed by atoms with Gasteiger partial charge in [-0.15, -0.1) is 21.5 Å². The Morgan fingerprint density at radius 2 is 2.37 bits per heavy atom. The Morgan fingerprint density at radius 3 is 2.95 bits per heavy atom. The number of amides is 2. The molecule has 2 amide bonds. The number of urea groups is 1. The molecule has 102 valence electrons. The maximum absolute atomic E-state index is 11.7. The normalized spacial score (nSPS) is 12.2. The molecule has 2 heterocycles. The number of carbonyl (C=O) groups is 1. The molecule has 2 N–H and O–H groups in total. The Hall–Kier alpha value is -1.96. The van der Waals surface area contributed by atoms with Crippen LogP contribution in [0.15, 0.2) is 11.7 Å². The summed E-state index contributed by atoms with van der Waals surface area (Å²) in [5, 5.41) is 16.2. The highest BCUT2D eigenvalue weighted by molar-refractivity contribution is 7.09. The molecular weight excluding hydrogens is 264 g/mol. The maximum Gasteiger partial charge on any atom is 0.315 e. The van der Waals surface area contributed by atoms with Crippen molar-refractivity contribution in [1.82, 2.24) is 30.4 Å². The van der Waals surface area contributed by atoms with Crippen LogP contribution in [0.2, 0.25) is 0 Å². The molecule has 0 aliphatic rings. The SMILES string of the molecule is Cc1nc(CNC(=O)N[C@H](C)c2nncn2C)cs1. The van der Waals surface area contributed by atoms with E-state index in [1.54, 1.807) is 22.2 Å². The van der Waals surface area contributed by atoms with E-state index in [0.717, 1.165) is 10.7 Å². The number of carbonyl (C=O) groups excluding carboxylic acids is 1. The molecule has 7 nitrogen and oxygen atoms in total. The Balaban J connectivity index is 1.83. The Morgan fingerprint density at radius 1 is 1.58 bits per heavy atom. The van der Waals surface area contributed by atoms with Crippen LogP contribution in [-0.4, -0.2) is 25.8 Å². The van der Waals surface area contributed by atoms with Crippen molar-refractivity contribution in [2.45, 2.75) is 26.4 Å². The van der Waals surface area contributed by atoms with Crippen LogP contribution in [0.4, 0.5) is 4.79 Å². The summed E-state index contributed by atoms with van der Waals surface area (Å²) in [6.07, 6.45) is 1.60. The largest absolute Gasteiger partial charge is 0.332 e. The summed E-state index contributed by atoms with van der Waals surface area (Å²) in [4.78, 5) is 16.0. The van der Waals surface area contributed by atoms with Crippen molar-refractivity contribution in [1.29, 1.82) is 0 Å². The van der Waals surface area contributed by atoms with E-state index in [-0.39, 0.29) is 12.1 Å². The van der Waals surface area contributed by atoms with Gasteiger partial charge in [-0.3, -0.25) is 0 Å². The van der Waals surface area contributed by atoms with E-state index in [1.807, 2.05) is 26.3 Å². The van der Waals surface area contributed by atoms with Gasteiger partial charge in [0, 0.05) is 12.4 Å². The highest BCUT2D eigenvalue weighted by Gasteiger charge is 2.13. The molecule has 0 aliphatic heterocycles. The summed E-state index contributed by atoms with van der Waals surface area (Å²) in [6.45, 7) is 4.21. The van der Waals surface area contributed by atoms with Crippen LogP contribution in [0.1, 0.15) is 29.5 Å². The molecule has 0 saturated carbocycles. The van der Waals surface area contributed by atoms with E-state index in [4.69, 9.17) is 0 Å². The Labute approximate surface area is 115 Å². The smallest absolute Gasteiger partial charge is 0.315 e. The Bertz CT molecular complexity index is 563. The maximum atomic E-state index is 11.7. The molecule has 0 radical (unpaired) electrons. The van der Waals surface area contributed by atoms with Crippen LogP contribution in [0, 0.1) is 6.92 Å². The van der Waals surface area contributed by atoms with Crippen LogP contribution in [-0.2, 0) is 13.6 Å². The van der Waals surface area contributed by atoms with E-state index >= 15 is 0 Å². The summed E-state index contributed by atoms with van der Waals surface area (Å²) in [5.41, 5.74) is 0.865. The molecular formula is C11H16N6OS. The standard InChI is InChI=1S/C11H16N6OS/c1-7(10-16-13-6-17(10)3)14-11(18)12-4-9-5-19-8(2)15-9/h5-7H,4H2,1-3H3,(H2,12,14,18)/t7-/m1/s1. The van der Waals surface area contributed by atoms with Gasteiger partial charge in [0.2, 0.25) is 0 Å². The third-order valence-electron chi connectivity index (χ3n) is 2.58. The first-order valence-corrected chi connectivity index (χ1v) is 6.73. The van der Waals surface area contributed by atoms with Crippen molar-refractivity contribution < 1.29 is 4.79 Å². The van der Waals surface area contributed by atoms with Crippen molar-refractivity contribution >= 4 is 17.4 Å². The predicted octanol–water partition coefficient (Wildman–Crippen LogP) is 1.14. The zero-order valence-corrected chi connectivity index (χ0v) is 11.9. The topological polar surface area (TPSA) is 84.7 Å². The molecule has 19 heavy (non-hydrogen) atoms. The van der Waals surface area contributed by atoms with E-state index in [0.29, 0.717) is 12.4 Å². The van der Waals surface area contributed by atoms with Gasteiger partial charge in [-0.1, -0.05) is 0 Å². The van der Waals surface area contributed by atoms with Crippen molar-refractivity contribution in [2.75, 3.05) is 0 Å². The molecule has 2 aromatic heterocycles. The van der Waals surface area contributed by atoms with Crippen molar-refractivity contribution in [3.05, 3.63) is 28.2 Å². The third kappa shape index (κ3) is 3.50. The lowest BCUT2D eigenvalue weighted by molar-refractivity contribution is 0.236. The average Bonchev–Trinajstić information content (AvgIpc) is 2.95. The van der Waals surface area contributed by atoms with E-state index in [9.17, 15) is 4.79 Å². The molecule has 8 heteroatoms. The van der Waals surface area contributed by atoms with Crippen molar-refractivity contribution in [3.8, 4) is 0 Å². The second-order valence-corrected chi connectivity index (χ2v) is 5.27. The quantitative estimate of drug-likeness (QED) is 0.879. The van der Waals surface area contributed by atoms with Gasteiger partial charge < -0.3 is 15.2 Å². The van der Waals surface area contributed by atoms with Gasteiger partial charge in [-0.25, -0.2) is 9.78 Å². The number of nitrogens with zero attached hydrogens (tertiary/aromatic N) is 4. The minimum atomic E-state index is -0.249. The number of rotatable bonds is 4. The Kier molecular flexibility index (Phi) is 4.10. The summed E-state index contributed by atoms with van der Waals surface area (Å²) in [5.74, 6) is 0.708. The number of hydrogen-bond donors (Lipinski definition) is 2. The zero-order valence-electron chi connectivity index (χ0n) is 11.0. The van der Waals surface area contributed by atoms with Gasteiger partial charge in [-0.05, 0) is 13.8 Å². The minimum absolute atomic E-state index is 0.204. The molecule has 0 spiro atoms. The van der Waals surface area contributed by atoms with Gasteiger partial charge in [-0.2, -0.15) is 0 Å². The number of aromatic nitrogens is 4. The van der Waals surface area contributed by atoms with Gasteiger partial charge >= 0.3 is 6.03 Å². The van der Waals surface area contributed by atoms with Crippen LogP contribution < -0.4 is 10.6 Å². The summed E-state index contributed by atoms with van der Waals surface area (Å²) in [6, 6.07) is -0.453. The van der Waals surface area contributed by atoms with Crippen LogP contribution >= 0.6 is 11.3 Å². The number of aryl methyl sites for hydroxylation is 2. The number of hydrogen-bond acceptors (Lipinski definition) is 5. The monoisotopic (exact) mass is 280 g/mol. The minimum Gasteiger partial charge on any atom is -0.332 e. The van der Waals surface area contributed by atoms with E-state index < -0.39 is 0 Å². The van der Waals surface area contributed by atoms with E-state index in [1.165, 1.54) is 0 Å². The molecule has 0 aromatic carbocycles. The summed E-state index contributed by atoms with van der Waals surface area (Å²) >= 11 is 1.57. The fraction of sp³-hybridized carbons (Fsp3) is 0.455. The molecule has 2 rings (SSSR count). The van der Waals surface area contributed by atoms with Crippen molar-refractivity contribution in [3.63, 3.8) is 0 Å².